The summed E-state index contributed by atoms with van der Waals surface area (Å²) in [5.41, 5.74) is 4.65. The molecule has 2 fully saturated rings. The number of nitrogens with two attached hydrogens (primary N) is 1. The third kappa shape index (κ3) is 5.51. The van der Waals surface area contributed by atoms with Crippen LogP contribution in [0.2, 0.25) is 0 Å². The van der Waals surface area contributed by atoms with E-state index in [-0.39, 0.29) is 12.3 Å². The van der Waals surface area contributed by atoms with Crippen LogP contribution in [0.4, 0.5) is 4.79 Å². The third-order valence-electron chi connectivity index (χ3n) is 6.31. The monoisotopic (exact) mass is 413 g/mol. The maximum Gasteiger partial charge on any atom is 0.406 e. The number of hydrogen-bond donors (Lipinski definition) is 1. The molecule has 1 saturated heterocycles. The van der Waals surface area contributed by atoms with E-state index >= 15 is 0 Å². The molecule has 30 heavy (non-hydrogen) atoms. The second-order valence-corrected chi connectivity index (χ2v) is 8.30. The van der Waals surface area contributed by atoms with E-state index in [1.165, 1.54) is 6.42 Å². The summed E-state index contributed by atoms with van der Waals surface area (Å²) < 4.78 is 10.8. The van der Waals surface area contributed by atoms with E-state index in [1.807, 2.05) is 30.3 Å². The molecule has 0 radical (unpaired) electrons. The number of carbonyl (C=O) groups is 2. The van der Waals surface area contributed by atoms with Crippen LogP contribution in [0.5, 0.6) is 0 Å². The quantitative estimate of drug-likeness (QED) is 0.738. The van der Waals surface area contributed by atoms with Gasteiger partial charge < -0.3 is 20.1 Å². The van der Waals surface area contributed by atoms with Gasteiger partial charge in [-0.3, -0.25) is 4.79 Å². The Kier molecular flexibility index (Phi) is 7.69. The van der Waals surface area contributed by atoms with Gasteiger partial charge in [0.1, 0.15) is 6.07 Å². The molecule has 2 amide bonds. The van der Waals surface area contributed by atoms with Crippen molar-refractivity contribution in [3.8, 4) is 6.07 Å². The highest BCUT2D eigenvalue weighted by Gasteiger charge is 2.47. The number of nitriles is 1. The van der Waals surface area contributed by atoms with E-state index in [1.54, 1.807) is 4.90 Å². The molecule has 1 saturated carbocycles. The molecular formula is C23H31N3O4. The lowest BCUT2D eigenvalue weighted by Gasteiger charge is -2.38. The first kappa shape index (κ1) is 22.1. The smallest absolute Gasteiger partial charge is 0.406 e. The molecule has 2 atom stereocenters. The molecule has 1 heterocycles. The van der Waals surface area contributed by atoms with Crippen LogP contribution >= 0.6 is 0 Å². The zero-order valence-corrected chi connectivity index (χ0v) is 17.4. The fourth-order valence-electron chi connectivity index (χ4n) is 4.74. The molecule has 3 rings (SSSR count). The lowest BCUT2D eigenvalue weighted by molar-refractivity contribution is -0.139. The van der Waals surface area contributed by atoms with Crippen molar-refractivity contribution in [2.24, 2.45) is 11.7 Å². The third-order valence-corrected chi connectivity index (χ3v) is 6.31. The SMILES string of the molecule is N#C[C@@](CC(=O)N1CCOCC1)(OC(N)=O)C(CC1CCCCC1)c1ccccc1. The van der Waals surface area contributed by atoms with Crippen molar-refractivity contribution in [2.45, 2.75) is 56.5 Å². The van der Waals surface area contributed by atoms with Gasteiger partial charge in [0, 0.05) is 19.0 Å². The number of hydrogen-bond acceptors (Lipinski definition) is 5. The Hall–Kier alpha value is -2.59. The molecular weight excluding hydrogens is 382 g/mol. The standard InChI is InChI=1S/C23H31N3O4/c24-17-23(30-22(25)28,16-21(27)26-11-13-29-14-12-26)20(19-9-5-2-6-10-19)15-18-7-3-1-4-8-18/h2,5-6,9-10,18,20H,1,3-4,7-8,11-16H2,(H2,25,28)/t20?,23-/m1/s1. The van der Waals surface area contributed by atoms with Gasteiger partial charge in [0.05, 0.1) is 19.6 Å². The van der Waals surface area contributed by atoms with Crippen LogP contribution in [0, 0.1) is 17.2 Å². The topological polar surface area (TPSA) is 106 Å². The number of morpholine rings is 1. The van der Waals surface area contributed by atoms with Crippen molar-refractivity contribution in [1.29, 1.82) is 5.26 Å². The lowest BCUT2D eigenvalue weighted by Crippen LogP contribution is -2.49. The van der Waals surface area contributed by atoms with Gasteiger partial charge in [-0.1, -0.05) is 62.4 Å². The van der Waals surface area contributed by atoms with E-state index in [9.17, 15) is 14.9 Å². The van der Waals surface area contributed by atoms with Gasteiger partial charge in [-0.05, 0) is 17.9 Å². The van der Waals surface area contributed by atoms with Crippen molar-refractivity contribution < 1.29 is 19.1 Å². The minimum atomic E-state index is -1.64. The summed E-state index contributed by atoms with van der Waals surface area (Å²) in [5.74, 6) is -0.221. The molecule has 1 aromatic carbocycles. The van der Waals surface area contributed by atoms with Gasteiger partial charge in [0.2, 0.25) is 11.5 Å². The fraction of sp³-hybridized carbons (Fsp3) is 0.609. The van der Waals surface area contributed by atoms with Crippen molar-refractivity contribution in [3.63, 3.8) is 0 Å². The zero-order chi connectivity index (χ0) is 21.4. The van der Waals surface area contributed by atoms with Gasteiger partial charge in [0.25, 0.3) is 0 Å². The lowest BCUT2D eigenvalue weighted by atomic mass is 9.72. The number of primary amides is 1. The molecule has 7 heteroatoms. The van der Waals surface area contributed by atoms with Crippen LogP contribution in [0.25, 0.3) is 0 Å². The van der Waals surface area contributed by atoms with Crippen molar-refractivity contribution in [3.05, 3.63) is 35.9 Å². The van der Waals surface area contributed by atoms with Crippen molar-refractivity contribution in [1.82, 2.24) is 4.90 Å². The average molecular weight is 414 g/mol. The predicted molar refractivity (Wildman–Crippen MR) is 111 cm³/mol. The minimum Gasteiger partial charge on any atom is -0.426 e. The number of rotatable bonds is 7. The number of amides is 2. The average Bonchev–Trinajstić information content (AvgIpc) is 2.78. The minimum absolute atomic E-state index is 0.210. The highest BCUT2D eigenvalue weighted by Crippen LogP contribution is 2.42. The summed E-state index contributed by atoms with van der Waals surface area (Å²) in [5, 5.41) is 10.3. The summed E-state index contributed by atoms with van der Waals surface area (Å²) in [7, 11) is 0. The van der Waals surface area contributed by atoms with E-state index in [4.69, 9.17) is 15.2 Å². The molecule has 0 bridgehead atoms. The Morgan fingerprint density at radius 2 is 1.87 bits per heavy atom. The molecule has 0 aromatic heterocycles. The van der Waals surface area contributed by atoms with Crippen LogP contribution in [0.3, 0.4) is 0 Å². The Labute approximate surface area is 178 Å². The maximum atomic E-state index is 13.1. The number of benzene rings is 1. The summed E-state index contributed by atoms with van der Waals surface area (Å²) in [6, 6.07) is 11.8. The number of carbonyl (C=O) groups excluding carboxylic acids is 2. The van der Waals surface area contributed by atoms with E-state index < -0.39 is 17.6 Å². The van der Waals surface area contributed by atoms with Gasteiger partial charge in [-0.15, -0.1) is 0 Å². The van der Waals surface area contributed by atoms with Crippen LogP contribution in [0.1, 0.15) is 56.4 Å². The van der Waals surface area contributed by atoms with Gasteiger partial charge in [0.15, 0.2) is 0 Å². The fourth-order valence-corrected chi connectivity index (χ4v) is 4.74. The molecule has 2 aliphatic rings. The molecule has 1 aliphatic carbocycles. The van der Waals surface area contributed by atoms with Crippen LogP contribution in [0.15, 0.2) is 30.3 Å². The molecule has 2 N–H and O–H groups in total. The first-order chi connectivity index (χ1) is 14.5. The molecule has 162 valence electrons. The number of ether oxygens (including phenoxy) is 2. The van der Waals surface area contributed by atoms with Crippen LogP contribution in [-0.2, 0) is 14.3 Å². The second-order valence-electron chi connectivity index (χ2n) is 8.30. The van der Waals surface area contributed by atoms with Crippen LogP contribution in [-0.4, -0.2) is 48.8 Å². The molecule has 1 aromatic rings. The molecule has 7 nitrogen and oxygen atoms in total. The molecule has 1 aliphatic heterocycles. The highest BCUT2D eigenvalue weighted by molar-refractivity contribution is 5.79. The Morgan fingerprint density at radius 1 is 1.20 bits per heavy atom. The summed E-state index contributed by atoms with van der Waals surface area (Å²) in [4.78, 5) is 26.6. The van der Waals surface area contributed by atoms with Crippen LogP contribution < -0.4 is 5.73 Å². The molecule has 0 spiro atoms. The molecule has 1 unspecified atom stereocenters. The largest absolute Gasteiger partial charge is 0.426 e. The van der Waals surface area contributed by atoms with E-state index in [2.05, 4.69) is 6.07 Å². The zero-order valence-electron chi connectivity index (χ0n) is 17.4. The number of nitrogens with zero attached hydrogens (tertiary/aromatic N) is 2. The Bertz CT molecular complexity index is 751. The maximum absolute atomic E-state index is 13.1. The summed E-state index contributed by atoms with van der Waals surface area (Å²) in [6.07, 6.45) is 5.15. The Balaban J connectivity index is 1.93. The summed E-state index contributed by atoms with van der Waals surface area (Å²) >= 11 is 0. The van der Waals surface area contributed by atoms with Gasteiger partial charge in [-0.2, -0.15) is 5.26 Å². The van der Waals surface area contributed by atoms with Gasteiger partial charge >= 0.3 is 6.09 Å². The van der Waals surface area contributed by atoms with E-state index in [0.29, 0.717) is 38.6 Å². The summed E-state index contributed by atoms with van der Waals surface area (Å²) in [6.45, 7) is 1.86. The first-order valence-electron chi connectivity index (χ1n) is 10.8. The van der Waals surface area contributed by atoms with Gasteiger partial charge in [-0.25, -0.2) is 4.79 Å². The predicted octanol–water partition coefficient (Wildman–Crippen LogP) is 3.35. The normalized spacial score (nSPS) is 20.6. The van der Waals surface area contributed by atoms with Crippen molar-refractivity contribution in [2.75, 3.05) is 26.3 Å². The first-order valence-corrected chi connectivity index (χ1v) is 10.8. The highest BCUT2D eigenvalue weighted by atomic mass is 16.6. The Morgan fingerprint density at radius 3 is 2.47 bits per heavy atom. The van der Waals surface area contributed by atoms with E-state index in [0.717, 1.165) is 31.2 Å². The second kappa shape index (κ2) is 10.4. The van der Waals surface area contributed by atoms with Crippen molar-refractivity contribution >= 4 is 12.0 Å².